The molecule has 0 aromatic carbocycles. The van der Waals surface area contributed by atoms with Gasteiger partial charge < -0.3 is 9.96 Å². The molecule has 0 aliphatic rings. The maximum Gasteiger partial charge on any atom is 0.167 e. The lowest BCUT2D eigenvalue weighted by Gasteiger charge is -2.12. The highest BCUT2D eigenvalue weighted by molar-refractivity contribution is 6.28. The largest absolute Gasteiger partial charge is 0.330 e. The first-order valence-electron chi connectivity index (χ1n) is 4.60. The van der Waals surface area contributed by atoms with E-state index in [1.54, 1.807) is 0 Å². The molecule has 1 unspecified atom stereocenters. The quantitative estimate of drug-likeness (QED) is 0.456. The van der Waals surface area contributed by atoms with Crippen molar-refractivity contribution in [3.8, 4) is 0 Å². The van der Waals surface area contributed by atoms with E-state index in [-0.39, 0.29) is 9.84 Å². The molecule has 0 saturated heterocycles. The van der Waals surface area contributed by atoms with Gasteiger partial charge in [-0.1, -0.05) is 27.7 Å². The van der Waals surface area contributed by atoms with E-state index in [1.165, 1.54) is 6.42 Å². The molecule has 0 rings (SSSR count). The lowest BCUT2D eigenvalue weighted by atomic mass is 10.2. The predicted octanol–water partition coefficient (Wildman–Crippen LogP) is 0.619. The zero-order chi connectivity index (χ0) is 8.69. The van der Waals surface area contributed by atoms with Crippen molar-refractivity contribution in [1.29, 1.82) is 0 Å². The van der Waals surface area contributed by atoms with Gasteiger partial charge in [0.25, 0.3) is 0 Å². The summed E-state index contributed by atoms with van der Waals surface area (Å²) in [6.45, 7) is 10.1. The van der Waals surface area contributed by atoms with Crippen molar-refractivity contribution in [3.05, 3.63) is 0 Å². The predicted molar refractivity (Wildman–Crippen MR) is 54.3 cm³/mol. The molecule has 0 bridgehead atoms. The molecule has 1 atom stereocenters. The van der Waals surface area contributed by atoms with Gasteiger partial charge in [-0.25, -0.2) is 0 Å². The van der Waals surface area contributed by atoms with Crippen LogP contribution in [0.3, 0.4) is 0 Å². The first-order valence-corrected chi connectivity index (χ1v) is 6.02. The molecule has 3 heteroatoms. The van der Waals surface area contributed by atoms with E-state index in [2.05, 4.69) is 37.7 Å². The van der Waals surface area contributed by atoms with E-state index in [0.717, 1.165) is 12.5 Å². The van der Waals surface area contributed by atoms with Gasteiger partial charge in [0, 0.05) is 0 Å². The van der Waals surface area contributed by atoms with Crippen molar-refractivity contribution in [3.63, 3.8) is 0 Å². The Labute approximate surface area is 73.1 Å². The van der Waals surface area contributed by atoms with Gasteiger partial charge in [0.05, 0.1) is 0 Å². The fourth-order valence-corrected chi connectivity index (χ4v) is 2.25. The highest BCUT2D eigenvalue weighted by Crippen LogP contribution is 1.86. The lowest BCUT2D eigenvalue weighted by Crippen LogP contribution is -2.40. The summed E-state index contributed by atoms with van der Waals surface area (Å²) < 4.78 is 0. The summed E-state index contributed by atoms with van der Waals surface area (Å²) in [5.41, 5.74) is 0. The maximum atomic E-state index is 3.52. The van der Waals surface area contributed by atoms with Gasteiger partial charge in [-0.3, -0.25) is 0 Å². The van der Waals surface area contributed by atoms with Crippen LogP contribution >= 0.6 is 0 Å². The van der Waals surface area contributed by atoms with Crippen molar-refractivity contribution in [2.45, 2.75) is 40.2 Å². The first kappa shape index (κ1) is 11.1. The molecule has 2 N–H and O–H groups in total. The number of hydrogen-bond donors (Lipinski definition) is 2. The molecule has 0 aliphatic carbocycles. The Morgan fingerprint density at radius 2 is 1.91 bits per heavy atom. The Bertz CT molecular complexity index is 86.2. The maximum absolute atomic E-state index is 3.52. The molecule has 0 aliphatic heterocycles. The summed E-state index contributed by atoms with van der Waals surface area (Å²) in [7, 11) is -0.190. The molecule has 0 aromatic rings. The molecule has 0 radical (unpaired) electrons. The van der Waals surface area contributed by atoms with Crippen LogP contribution in [0.15, 0.2) is 0 Å². The minimum atomic E-state index is -0.190. The smallest absolute Gasteiger partial charge is 0.167 e. The average Bonchev–Trinajstić information content (AvgIpc) is 1.97. The molecule has 68 valence electrons. The first-order chi connectivity index (χ1) is 5.16. The molecular formula is C8H22N2Si. The normalized spacial score (nSPS) is 15.0. The van der Waals surface area contributed by atoms with Gasteiger partial charge >= 0.3 is 0 Å². The minimum absolute atomic E-state index is 0.190. The molecule has 0 amide bonds. The van der Waals surface area contributed by atoms with E-state index < -0.39 is 0 Å². The topological polar surface area (TPSA) is 24.1 Å². The van der Waals surface area contributed by atoms with E-state index in [0.29, 0.717) is 6.04 Å². The van der Waals surface area contributed by atoms with Gasteiger partial charge in [0.15, 0.2) is 9.84 Å². The van der Waals surface area contributed by atoms with Crippen LogP contribution in [0.5, 0.6) is 0 Å². The second kappa shape index (κ2) is 6.82. The van der Waals surface area contributed by atoms with Crippen LogP contribution in [-0.2, 0) is 0 Å². The molecular weight excluding hydrogens is 152 g/mol. The number of hydrogen-bond acceptors (Lipinski definition) is 2. The highest BCUT2D eigenvalue weighted by Gasteiger charge is 1.96. The van der Waals surface area contributed by atoms with Crippen LogP contribution in [-0.4, -0.2) is 22.4 Å². The zero-order valence-corrected chi connectivity index (χ0v) is 9.69. The number of rotatable bonds is 6. The summed E-state index contributed by atoms with van der Waals surface area (Å²) in [5, 5.41) is 0. The Kier molecular flexibility index (Phi) is 6.91. The van der Waals surface area contributed by atoms with E-state index in [9.17, 15) is 0 Å². The van der Waals surface area contributed by atoms with Crippen LogP contribution in [0.4, 0.5) is 0 Å². The van der Waals surface area contributed by atoms with Crippen LogP contribution in [0.2, 0.25) is 0 Å². The summed E-state index contributed by atoms with van der Waals surface area (Å²) >= 11 is 0. The Balaban J connectivity index is 3.01. The van der Waals surface area contributed by atoms with Crippen molar-refractivity contribution in [2.75, 3.05) is 6.54 Å². The van der Waals surface area contributed by atoms with Crippen molar-refractivity contribution in [1.82, 2.24) is 9.96 Å². The molecule has 0 saturated carbocycles. The molecule has 11 heavy (non-hydrogen) atoms. The average molecular weight is 174 g/mol. The zero-order valence-electron chi connectivity index (χ0n) is 8.28. The molecule has 0 heterocycles. The van der Waals surface area contributed by atoms with Crippen LogP contribution in [0, 0.1) is 5.92 Å². The Morgan fingerprint density at radius 3 is 2.36 bits per heavy atom. The van der Waals surface area contributed by atoms with Crippen molar-refractivity contribution < 1.29 is 0 Å². The number of nitrogens with one attached hydrogen (secondary N) is 2. The summed E-state index contributed by atoms with van der Waals surface area (Å²) in [4.78, 5) is 6.99. The van der Waals surface area contributed by atoms with Crippen LogP contribution in [0.25, 0.3) is 0 Å². The van der Waals surface area contributed by atoms with E-state index >= 15 is 0 Å². The molecule has 0 fully saturated rings. The minimum Gasteiger partial charge on any atom is -0.330 e. The van der Waals surface area contributed by atoms with E-state index in [1.807, 2.05) is 0 Å². The highest BCUT2D eigenvalue weighted by atomic mass is 28.2. The molecule has 2 nitrogen and oxygen atoms in total. The SMILES string of the molecule is CCC(C)N[SiH2]NCC(C)C. The summed E-state index contributed by atoms with van der Waals surface area (Å²) in [5.74, 6) is 0.779. The fourth-order valence-electron chi connectivity index (χ4n) is 0.752. The monoisotopic (exact) mass is 174 g/mol. The van der Waals surface area contributed by atoms with Crippen molar-refractivity contribution >= 4 is 9.84 Å². The lowest BCUT2D eigenvalue weighted by molar-refractivity contribution is 0.610. The second-order valence-electron chi connectivity index (χ2n) is 3.54. The van der Waals surface area contributed by atoms with Gasteiger partial charge in [-0.15, -0.1) is 0 Å². The molecule has 0 aromatic heterocycles. The van der Waals surface area contributed by atoms with Crippen molar-refractivity contribution in [2.24, 2.45) is 5.92 Å². The Morgan fingerprint density at radius 1 is 1.27 bits per heavy atom. The third-order valence-electron chi connectivity index (χ3n) is 1.74. The summed E-state index contributed by atoms with van der Waals surface area (Å²) in [6, 6.07) is 0.696. The van der Waals surface area contributed by atoms with Gasteiger partial charge in [0.2, 0.25) is 0 Å². The van der Waals surface area contributed by atoms with Crippen LogP contribution < -0.4 is 9.96 Å². The molecule has 0 spiro atoms. The third kappa shape index (κ3) is 8.04. The van der Waals surface area contributed by atoms with E-state index in [4.69, 9.17) is 0 Å². The third-order valence-corrected chi connectivity index (χ3v) is 3.18. The standard InChI is InChI=1S/C8H22N2Si/c1-5-8(4)10-11-9-6-7(2)3/h7-10H,5-6,11H2,1-4H3. The second-order valence-corrected chi connectivity index (χ2v) is 4.80. The Hall–Kier alpha value is 0.137. The fraction of sp³-hybridized carbons (Fsp3) is 1.00. The van der Waals surface area contributed by atoms with Gasteiger partial charge in [-0.2, -0.15) is 0 Å². The van der Waals surface area contributed by atoms with Gasteiger partial charge in [0.1, 0.15) is 0 Å². The van der Waals surface area contributed by atoms with Crippen LogP contribution in [0.1, 0.15) is 34.1 Å². The van der Waals surface area contributed by atoms with Gasteiger partial charge in [-0.05, 0) is 24.9 Å². The summed E-state index contributed by atoms with van der Waals surface area (Å²) in [6.07, 6.45) is 1.23.